The maximum absolute atomic E-state index is 5.84. The van der Waals surface area contributed by atoms with Gasteiger partial charge < -0.3 is 0 Å². The minimum absolute atomic E-state index is 0.501. The van der Waals surface area contributed by atoms with E-state index in [1.54, 1.807) is 0 Å². The van der Waals surface area contributed by atoms with Crippen molar-refractivity contribution >= 4 is 14.5 Å². The molecule has 0 fully saturated rings. The van der Waals surface area contributed by atoms with Crippen LogP contribution < -0.4 is 0 Å². The third kappa shape index (κ3) is 27.1. The molecule has 1 aromatic heterocycles. The molecule has 1 rings (SSSR count). The first-order chi connectivity index (χ1) is 20.4. The van der Waals surface area contributed by atoms with Crippen LogP contribution in [0.15, 0.2) is 9.88 Å². The van der Waals surface area contributed by atoms with Crippen LogP contribution in [-0.2, 0) is 31.8 Å². The van der Waals surface area contributed by atoms with Crippen molar-refractivity contribution in [3.8, 4) is 0 Å². The Bertz CT molecular complexity index is 570. The van der Waals surface area contributed by atoms with Crippen molar-refractivity contribution in [2.24, 2.45) is 0 Å². The molecule has 0 atom stereocenters. The van der Waals surface area contributed by atoms with E-state index in [-0.39, 0.29) is 0 Å². The summed E-state index contributed by atoms with van der Waals surface area (Å²) in [4.78, 5) is 4.81. The fourth-order valence-corrected chi connectivity index (χ4v) is 7.14. The van der Waals surface area contributed by atoms with Gasteiger partial charge in [0.05, 0.1) is 0 Å². The zero-order valence-corrected chi connectivity index (χ0v) is 29.1. The van der Waals surface area contributed by atoms with Gasteiger partial charge in [-0.15, -0.1) is 0 Å². The number of ether oxygens (including phenoxy) is 4. The third-order valence-corrected chi connectivity index (χ3v) is 9.66. The summed E-state index contributed by atoms with van der Waals surface area (Å²) in [6.45, 7) is 10.8. The van der Waals surface area contributed by atoms with Crippen molar-refractivity contribution < 1.29 is 18.9 Å². The Morgan fingerprint density at radius 1 is 0.366 bits per heavy atom. The van der Waals surface area contributed by atoms with Crippen LogP contribution in [0.4, 0.5) is 0 Å². The summed E-state index contributed by atoms with van der Waals surface area (Å²) in [5.74, 6) is 0. The summed E-state index contributed by atoms with van der Waals surface area (Å²) in [6, 6.07) is 0. The fourth-order valence-electron chi connectivity index (χ4n) is 5.18. The van der Waals surface area contributed by atoms with E-state index >= 15 is 0 Å². The van der Waals surface area contributed by atoms with Gasteiger partial charge in [-0.25, -0.2) is 0 Å². The van der Waals surface area contributed by atoms with Gasteiger partial charge >= 0.3 is 159 Å². The van der Waals surface area contributed by atoms with Gasteiger partial charge in [0.2, 0.25) is 0 Å². The minimum atomic E-state index is 0.501. The van der Waals surface area contributed by atoms with Gasteiger partial charge in [0.1, 0.15) is 0 Å². The molecular weight excluding hydrogens is 575 g/mol. The second kappa shape index (κ2) is 32.7. The Labute approximate surface area is 261 Å². The van der Waals surface area contributed by atoms with Crippen molar-refractivity contribution in [2.75, 3.05) is 52.9 Å². The predicted molar refractivity (Wildman–Crippen MR) is 178 cm³/mol. The molecular formula is C36H68O4Se. The first-order valence-electron chi connectivity index (χ1n) is 17.7. The van der Waals surface area contributed by atoms with E-state index in [1.807, 2.05) is 0 Å². The van der Waals surface area contributed by atoms with Crippen LogP contribution in [0.3, 0.4) is 0 Å². The molecule has 0 spiro atoms. The Balaban J connectivity index is 1.82. The zero-order chi connectivity index (χ0) is 29.3. The molecule has 0 aliphatic rings. The first-order valence-corrected chi connectivity index (χ1v) is 19.7. The van der Waals surface area contributed by atoms with Gasteiger partial charge in [0, 0.05) is 0 Å². The smallest absolute Gasteiger partial charge is 0.0654 e. The molecule has 0 bridgehead atoms. The van der Waals surface area contributed by atoms with E-state index in [9.17, 15) is 0 Å². The normalized spacial score (nSPS) is 11.6. The molecule has 0 aliphatic heterocycles. The molecule has 1 heterocycles. The third-order valence-electron chi connectivity index (χ3n) is 7.89. The monoisotopic (exact) mass is 644 g/mol. The van der Waals surface area contributed by atoms with Gasteiger partial charge in [0.15, 0.2) is 0 Å². The fraction of sp³-hybridized carbons (Fsp3) is 0.889. The number of hydrogen-bond acceptors (Lipinski definition) is 4. The Morgan fingerprint density at radius 3 is 1.00 bits per heavy atom. The van der Waals surface area contributed by atoms with Crippen LogP contribution in [0, 0.1) is 0 Å². The molecule has 4 nitrogen and oxygen atoms in total. The summed E-state index contributed by atoms with van der Waals surface area (Å²) < 4.78 is 23.2. The standard InChI is InChI=1S/C36H68O4Se/c1-3-5-7-9-11-13-15-17-19-21-25-37-29-31-39-27-23-35-33-41-34-36(35)24-28-40-32-30-38-26-22-20-18-16-14-12-10-8-6-4-2/h33-34H,3-32H2,1-2H3. The second-order valence-corrected chi connectivity index (χ2v) is 13.3. The Morgan fingerprint density at radius 2 is 0.659 bits per heavy atom. The summed E-state index contributed by atoms with van der Waals surface area (Å²) in [7, 11) is 0. The SMILES string of the molecule is CCCCCCCCCCCCOCCOCCc1c[se]cc1CCOCCOCCCCCCCCCCCC. The average molecular weight is 644 g/mol. The molecule has 0 aliphatic carbocycles. The van der Waals surface area contributed by atoms with Gasteiger partial charge in [-0.2, -0.15) is 0 Å². The van der Waals surface area contributed by atoms with Crippen molar-refractivity contribution in [3.05, 3.63) is 21.0 Å². The quantitative estimate of drug-likeness (QED) is 0.0554. The van der Waals surface area contributed by atoms with Crippen LogP contribution in [-0.4, -0.2) is 67.4 Å². The summed E-state index contributed by atoms with van der Waals surface area (Å²) in [6.07, 6.45) is 29.4. The maximum atomic E-state index is 5.84. The molecule has 0 radical (unpaired) electrons. The van der Waals surface area contributed by atoms with Crippen molar-refractivity contribution in [1.82, 2.24) is 0 Å². The van der Waals surface area contributed by atoms with E-state index in [2.05, 4.69) is 23.7 Å². The molecule has 0 unspecified atom stereocenters. The van der Waals surface area contributed by atoms with E-state index in [0.29, 0.717) is 27.7 Å². The van der Waals surface area contributed by atoms with Crippen LogP contribution in [0.2, 0.25) is 0 Å². The number of unbranched alkanes of at least 4 members (excludes halogenated alkanes) is 18. The van der Waals surface area contributed by atoms with Crippen molar-refractivity contribution in [2.45, 2.75) is 155 Å². The molecule has 41 heavy (non-hydrogen) atoms. The van der Waals surface area contributed by atoms with Gasteiger partial charge in [0.25, 0.3) is 0 Å². The van der Waals surface area contributed by atoms with E-state index < -0.39 is 0 Å². The van der Waals surface area contributed by atoms with E-state index in [1.165, 1.54) is 140 Å². The number of hydrogen-bond donors (Lipinski definition) is 0. The molecule has 0 saturated carbocycles. The van der Waals surface area contributed by atoms with Crippen molar-refractivity contribution in [3.63, 3.8) is 0 Å². The summed E-state index contributed by atoms with van der Waals surface area (Å²) >= 11 is 0.501. The molecule has 5 heteroatoms. The van der Waals surface area contributed by atoms with E-state index in [4.69, 9.17) is 18.9 Å². The van der Waals surface area contributed by atoms with Crippen LogP contribution in [0.5, 0.6) is 0 Å². The van der Waals surface area contributed by atoms with E-state index in [0.717, 1.165) is 52.5 Å². The van der Waals surface area contributed by atoms with Crippen LogP contribution in [0.1, 0.15) is 153 Å². The van der Waals surface area contributed by atoms with Crippen molar-refractivity contribution in [1.29, 1.82) is 0 Å². The first kappa shape index (κ1) is 38.9. The zero-order valence-electron chi connectivity index (χ0n) is 27.4. The topological polar surface area (TPSA) is 36.9 Å². The van der Waals surface area contributed by atoms with Gasteiger partial charge in [-0.3, -0.25) is 0 Å². The van der Waals surface area contributed by atoms with Crippen LogP contribution in [0.25, 0.3) is 0 Å². The van der Waals surface area contributed by atoms with Gasteiger partial charge in [-0.05, 0) is 0 Å². The molecule has 0 aromatic carbocycles. The average Bonchev–Trinajstić information content (AvgIpc) is 3.43. The molecule has 0 amide bonds. The van der Waals surface area contributed by atoms with Crippen LogP contribution >= 0.6 is 0 Å². The second-order valence-electron chi connectivity index (χ2n) is 11.7. The summed E-state index contributed by atoms with van der Waals surface area (Å²) in [5, 5.41) is 0. The minimum Gasteiger partial charge on any atom is -0.0654 e. The Hall–Kier alpha value is -0.161. The summed E-state index contributed by atoms with van der Waals surface area (Å²) in [5.41, 5.74) is 2.94. The van der Waals surface area contributed by atoms with Gasteiger partial charge in [-0.1, -0.05) is 104 Å². The molecule has 0 N–H and O–H groups in total. The molecule has 1 aromatic rings. The molecule has 0 saturated heterocycles. The number of rotatable bonds is 34. The predicted octanol–water partition coefficient (Wildman–Crippen LogP) is 9.74. The Kier molecular flexibility index (Phi) is 31.0. The molecule has 242 valence electrons.